The molecule has 0 bridgehead atoms. The maximum atomic E-state index is 11.9. The molecular weight excluding hydrogens is 284 g/mol. The number of unbranched alkanes of at least 4 members (excludes halogenated alkanes) is 1. The molecule has 6 nitrogen and oxygen atoms in total. The predicted molar refractivity (Wildman–Crippen MR) is 83.5 cm³/mol. The van der Waals surface area contributed by atoms with Crippen molar-refractivity contribution in [2.45, 2.75) is 45.6 Å². The highest BCUT2D eigenvalue weighted by molar-refractivity contribution is 5.89. The third-order valence-electron chi connectivity index (χ3n) is 3.12. The quantitative estimate of drug-likeness (QED) is 0.684. The molecule has 1 atom stereocenters. The fraction of sp³-hybridized carbons (Fsp3) is 0.438. The van der Waals surface area contributed by atoms with Gasteiger partial charge in [-0.25, -0.2) is 4.79 Å². The van der Waals surface area contributed by atoms with Crippen LogP contribution in [-0.4, -0.2) is 28.9 Å². The Morgan fingerprint density at radius 3 is 2.32 bits per heavy atom. The van der Waals surface area contributed by atoms with Crippen LogP contribution in [0.4, 0.5) is 5.69 Å². The van der Waals surface area contributed by atoms with Crippen LogP contribution < -0.4 is 10.6 Å². The lowest BCUT2D eigenvalue weighted by Gasteiger charge is -2.14. The largest absolute Gasteiger partial charge is 0.480 e. The van der Waals surface area contributed by atoms with Crippen LogP contribution in [0.2, 0.25) is 0 Å². The van der Waals surface area contributed by atoms with E-state index in [4.69, 9.17) is 5.11 Å². The highest BCUT2D eigenvalue weighted by atomic mass is 16.4. The zero-order valence-electron chi connectivity index (χ0n) is 12.9. The van der Waals surface area contributed by atoms with Gasteiger partial charge in [-0.1, -0.05) is 31.9 Å². The minimum Gasteiger partial charge on any atom is -0.480 e. The van der Waals surface area contributed by atoms with Crippen molar-refractivity contribution in [3.63, 3.8) is 0 Å². The van der Waals surface area contributed by atoms with E-state index in [-0.39, 0.29) is 18.2 Å². The van der Waals surface area contributed by atoms with Crippen molar-refractivity contribution in [2.75, 3.05) is 5.32 Å². The minimum atomic E-state index is -1.01. The molecule has 0 fully saturated rings. The summed E-state index contributed by atoms with van der Waals surface area (Å²) in [5, 5.41) is 14.3. The molecule has 1 unspecified atom stereocenters. The first kappa shape index (κ1) is 17.7. The first-order valence-corrected chi connectivity index (χ1v) is 7.31. The van der Waals surface area contributed by atoms with Gasteiger partial charge in [0.25, 0.3) is 0 Å². The molecule has 0 aromatic heterocycles. The number of anilines is 1. The lowest BCUT2D eigenvalue weighted by molar-refractivity contribution is -0.142. The van der Waals surface area contributed by atoms with E-state index in [9.17, 15) is 14.4 Å². The number of amides is 2. The molecule has 1 rings (SSSR count). The molecule has 0 aliphatic carbocycles. The number of carboxylic acids is 1. The number of carbonyl (C=O) groups excluding carboxylic acids is 2. The molecule has 1 aromatic rings. The molecule has 22 heavy (non-hydrogen) atoms. The normalized spacial score (nSPS) is 11.5. The summed E-state index contributed by atoms with van der Waals surface area (Å²) in [6.07, 6.45) is 2.17. The number of hydrogen-bond acceptors (Lipinski definition) is 3. The molecule has 3 N–H and O–H groups in total. The molecule has 2 amide bonds. The van der Waals surface area contributed by atoms with E-state index in [1.54, 1.807) is 24.3 Å². The average Bonchev–Trinajstić information content (AvgIpc) is 2.44. The number of carbonyl (C=O) groups is 3. The zero-order valence-corrected chi connectivity index (χ0v) is 12.9. The second kappa shape index (κ2) is 8.81. The third-order valence-corrected chi connectivity index (χ3v) is 3.12. The highest BCUT2D eigenvalue weighted by Gasteiger charge is 2.19. The summed E-state index contributed by atoms with van der Waals surface area (Å²) in [6.45, 7) is 3.39. The van der Waals surface area contributed by atoms with Gasteiger partial charge in [-0.3, -0.25) is 9.59 Å². The standard InChI is InChI=1S/C16H22N2O4/c1-3-4-5-14(16(21)22)18-15(20)10-12-6-8-13(9-7-12)17-11(2)19/h6-9,14H,3-5,10H2,1-2H3,(H,17,19)(H,18,20)(H,21,22). The third kappa shape index (κ3) is 6.39. The van der Waals surface area contributed by atoms with E-state index in [1.807, 2.05) is 6.92 Å². The van der Waals surface area contributed by atoms with Crippen molar-refractivity contribution < 1.29 is 19.5 Å². The van der Waals surface area contributed by atoms with Crippen LogP contribution in [0, 0.1) is 0 Å². The topological polar surface area (TPSA) is 95.5 Å². The molecule has 0 spiro atoms. The van der Waals surface area contributed by atoms with E-state index >= 15 is 0 Å². The summed E-state index contributed by atoms with van der Waals surface area (Å²) in [6, 6.07) is 6.02. The molecule has 0 heterocycles. The van der Waals surface area contributed by atoms with Gasteiger partial charge >= 0.3 is 5.97 Å². The van der Waals surface area contributed by atoms with Crippen LogP contribution >= 0.6 is 0 Å². The van der Waals surface area contributed by atoms with Gasteiger partial charge in [-0.15, -0.1) is 0 Å². The SMILES string of the molecule is CCCCC(NC(=O)Cc1ccc(NC(C)=O)cc1)C(=O)O. The Bertz CT molecular complexity index is 525. The number of benzene rings is 1. The smallest absolute Gasteiger partial charge is 0.326 e. The molecule has 0 saturated heterocycles. The Morgan fingerprint density at radius 2 is 1.82 bits per heavy atom. The molecule has 0 radical (unpaired) electrons. The second-order valence-electron chi connectivity index (χ2n) is 5.16. The average molecular weight is 306 g/mol. The van der Waals surface area contributed by atoms with Crippen molar-refractivity contribution in [2.24, 2.45) is 0 Å². The first-order chi connectivity index (χ1) is 10.4. The summed E-state index contributed by atoms with van der Waals surface area (Å²) < 4.78 is 0. The van der Waals surface area contributed by atoms with Crippen molar-refractivity contribution >= 4 is 23.5 Å². The molecule has 120 valence electrons. The summed E-state index contributed by atoms with van der Waals surface area (Å²) in [4.78, 5) is 33.9. The summed E-state index contributed by atoms with van der Waals surface area (Å²) >= 11 is 0. The summed E-state index contributed by atoms with van der Waals surface area (Å²) in [7, 11) is 0. The first-order valence-electron chi connectivity index (χ1n) is 7.31. The predicted octanol–water partition coefficient (Wildman–Crippen LogP) is 1.95. The molecule has 6 heteroatoms. The Labute approximate surface area is 129 Å². The van der Waals surface area contributed by atoms with Crippen LogP contribution in [0.3, 0.4) is 0 Å². The van der Waals surface area contributed by atoms with Crippen molar-refractivity contribution in [3.8, 4) is 0 Å². The van der Waals surface area contributed by atoms with Gasteiger partial charge in [-0.05, 0) is 24.1 Å². The Balaban J connectivity index is 2.56. The number of rotatable bonds is 8. The van der Waals surface area contributed by atoms with Crippen LogP contribution in [0.25, 0.3) is 0 Å². The number of nitrogens with one attached hydrogen (secondary N) is 2. The van der Waals surface area contributed by atoms with Gasteiger partial charge in [0.15, 0.2) is 0 Å². The Kier molecular flexibility index (Phi) is 7.08. The zero-order chi connectivity index (χ0) is 16.5. The van der Waals surface area contributed by atoms with Gasteiger partial charge in [0.1, 0.15) is 6.04 Å². The summed E-state index contributed by atoms with van der Waals surface area (Å²) in [5.74, 6) is -1.50. The molecule has 0 aliphatic rings. The molecule has 0 saturated carbocycles. The molecule has 1 aromatic carbocycles. The Morgan fingerprint density at radius 1 is 1.18 bits per heavy atom. The fourth-order valence-electron chi connectivity index (χ4n) is 2.01. The van der Waals surface area contributed by atoms with Crippen LogP contribution in [0.1, 0.15) is 38.7 Å². The lowest BCUT2D eigenvalue weighted by Crippen LogP contribution is -2.41. The van der Waals surface area contributed by atoms with Crippen molar-refractivity contribution in [1.82, 2.24) is 5.32 Å². The van der Waals surface area contributed by atoms with Gasteiger partial charge in [0.05, 0.1) is 6.42 Å². The van der Waals surface area contributed by atoms with Crippen LogP contribution in [-0.2, 0) is 20.8 Å². The van der Waals surface area contributed by atoms with E-state index < -0.39 is 12.0 Å². The van der Waals surface area contributed by atoms with Crippen LogP contribution in [0.15, 0.2) is 24.3 Å². The lowest BCUT2D eigenvalue weighted by atomic mass is 10.1. The number of aliphatic carboxylic acids is 1. The van der Waals surface area contributed by atoms with E-state index in [2.05, 4.69) is 10.6 Å². The van der Waals surface area contributed by atoms with Gasteiger partial charge in [0, 0.05) is 12.6 Å². The highest BCUT2D eigenvalue weighted by Crippen LogP contribution is 2.10. The van der Waals surface area contributed by atoms with E-state index in [1.165, 1.54) is 6.92 Å². The van der Waals surface area contributed by atoms with Gasteiger partial charge in [0.2, 0.25) is 11.8 Å². The molecule has 0 aliphatic heterocycles. The minimum absolute atomic E-state index is 0.107. The number of hydrogen-bond donors (Lipinski definition) is 3. The van der Waals surface area contributed by atoms with E-state index in [0.717, 1.165) is 18.4 Å². The molecular formula is C16H22N2O4. The Hall–Kier alpha value is -2.37. The van der Waals surface area contributed by atoms with Crippen LogP contribution in [0.5, 0.6) is 0 Å². The van der Waals surface area contributed by atoms with Gasteiger partial charge in [-0.2, -0.15) is 0 Å². The maximum Gasteiger partial charge on any atom is 0.326 e. The maximum absolute atomic E-state index is 11.9. The fourth-order valence-corrected chi connectivity index (χ4v) is 2.01. The number of carboxylic acid groups (broad SMARTS) is 1. The van der Waals surface area contributed by atoms with Gasteiger partial charge < -0.3 is 15.7 Å². The van der Waals surface area contributed by atoms with Crippen molar-refractivity contribution in [3.05, 3.63) is 29.8 Å². The van der Waals surface area contributed by atoms with E-state index in [0.29, 0.717) is 12.1 Å². The second-order valence-corrected chi connectivity index (χ2v) is 5.16. The summed E-state index contributed by atoms with van der Waals surface area (Å²) in [5.41, 5.74) is 1.41. The van der Waals surface area contributed by atoms with Crippen molar-refractivity contribution in [1.29, 1.82) is 0 Å². The monoisotopic (exact) mass is 306 g/mol.